The summed E-state index contributed by atoms with van der Waals surface area (Å²) in [6.45, 7) is 3.20. The van der Waals surface area contributed by atoms with Crippen molar-refractivity contribution in [1.82, 2.24) is 4.98 Å². The Morgan fingerprint density at radius 2 is 2.31 bits per heavy atom. The summed E-state index contributed by atoms with van der Waals surface area (Å²) in [6.07, 6.45) is 6.79. The topological polar surface area (TPSA) is 50.9 Å². The maximum Gasteiger partial charge on any atom is 0.149 e. The molecule has 2 rings (SSSR count). The number of nitrogens with two attached hydrogens (primary N) is 1. The van der Waals surface area contributed by atoms with Gasteiger partial charge in [0.15, 0.2) is 0 Å². The Labute approximate surface area is 101 Å². The molecule has 16 heavy (non-hydrogen) atoms. The van der Waals surface area contributed by atoms with Crippen LogP contribution in [0.4, 0.5) is 11.5 Å². The lowest BCUT2D eigenvalue weighted by Gasteiger charge is -2.16. The standard InChI is InChI=1S/C12H18ClN3/c1-2-3-12(4-5-12)8-16-11-10(14)6-9(13)7-15-11/h6-7H,2-5,8,14H2,1H3,(H,15,16). The van der Waals surface area contributed by atoms with Crippen molar-refractivity contribution in [2.75, 3.05) is 17.6 Å². The van der Waals surface area contributed by atoms with Crippen LogP contribution in [0.5, 0.6) is 0 Å². The van der Waals surface area contributed by atoms with Gasteiger partial charge in [0.05, 0.1) is 10.7 Å². The van der Waals surface area contributed by atoms with Crippen LogP contribution in [0, 0.1) is 5.41 Å². The van der Waals surface area contributed by atoms with Gasteiger partial charge in [0.2, 0.25) is 0 Å². The number of rotatable bonds is 5. The Morgan fingerprint density at radius 1 is 1.56 bits per heavy atom. The van der Waals surface area contributed by atoms with Crippen molar-refractivity contribution in [2.24, 2.45) is 5.41 Å². The first-order chi connectivity index (χ1) is 7.65. The molecule has 0 spiro atoms. The fourth-order valence-electron chi connectivity index (χ4n) is 2.10. The van der Waals surface area contributed by atoms with Crippen LogP contribution in [0.2, 0.25) is 5.02 Å². The van der Waals surface area contributed by atoms with Crippen molar-refractivity contribution in [3.63, 3.8) is 0 Å². The zero-order valence-electron chi connectivity index (χ0n) is 9.59. The quantitative estimate of drug-likeness (QED) is 0.829. The molecule has 4 heteroatoms. The second-order valence-corrected chi connectivity index (χ2v) is 5.13. The van der Waals surface area contributed by atoms with Crippen LogP contribution in [0.15, 0.2) is 12.3 Å². The largest absolute Gasteiger partial charge is 0.396 e. The van der Waals surface area contributed by atoms with Crippen molar-refractivity contribution < 1.29 is 0 Å². The lowest BCUT2D eigenvalue weighted by molar-refractivity contribution is 0.485. The Bertz CT molecular complexity index is 375. The van der Waals surface area contributed by atoms with Gasteiger partial charge in [0.1, 0.15) is 5.82 Å². The molecule has 3 N–H and O–H groups in total. The molecule has 0 unspecified atom stereocenters. The Morgan fingerprint density at radius 3 is 2.88 bits per heavy atom. The Hall–Kier alpha value is -0.960. The van der Waals surface area contributed by atoms with Crippen LogP contribution in [-0.4, -0.2) is 11.5 Å². The minimum atomic E-state index is 0.502. The molecule has 0 amide bonds. The summed E-state index contributed by atoms with van der Waals surface area (Å²) in [6, 6.07) is 1.73. The molecule has 0 radical (unpaired) electrons. The minimum Gasteiger partial charge on any atom is -0.396 e. The lowest BCUT2D eigenvalue weighted by atomic mass is 10.0. The monoisotopic (exact) mass is 239 g/mol. The smallest absolute Gasteiger partial charge is 0.149 e. The molecule has 0 bridgehead atoms. The van der Waals surface area contributed by atoms with Gasteiger partial charge < -0.3 is 11.1 Å². The number of nitrogens with zero attached hydrogens (tertiary/aromatic N) is 1. The third-order valence-corrected chi connectivity index (χ3v) is 3.46. The molecule has 88 valence electrons. The van der Waals surface area contributed by atoms with Gasteiger partial charge in [-0.2, -0.15) is 0 Å². The van der Waals surface area contributed by atoms with E-state index in [1.54, 1.807) is 12.3 Å². The second kappa shape index (κ2) is 4.50. The summed E-state index contributed by atoms with van der Waals surface area (Å²) in [5.41, 5.74) is 6.96. The highest BCUT2D eigenvalue weighted by Crippen LogP contribution is 2.49. The van der Waals surface area contributed by atoms with Crippen molar-refractivity contribution in [1.29, 1.82) is 0 Å². The lowest BCUT2D eigenvalue weighted by Crippen LogP contribution is -2.16. The number of halogens is 1. The zero-order valence-corrected chi connectivity index (χ0v) is 10.3. The maximum absolute atomic E-state index is 5.84. The number of nitrogen functional groups attached to an aromatic ring is 1. The molecule has 1 saturated carbocycles. The Kier molecular flexibility index (Phi) is 3.24. The number of hydrogen-bond acceptors (Lipinski definition) is 3. The molecule has 0 saturated heterocycles. The molecule has 1 aromatic rings. The van der Waals surface area contributed by atoms with Gasteiger partial charge >= 0.3 is 0 Å². The van der Waals surface area contributed by atoms with Crippen LogP contribution < -0.4 is 11.1 Å². The first-order valence-electron chi connectivity index (χ1n) is 5.80. The molecule has 1 aliphatic carbocycles. The van der Waals surface area contributed by atoms with Crippen LogP contribution >= 0.6 is 11.6 Å². The minimum absolute atomic E-state index is 0.502. The predicted octanol–water partition coefficient (Wildman–Crippen LogP) is 3.31. The molecule has 0 aliphatic heterocycles. The van der Waals surface area contributed by atoms with Crippen LogP contribution in [0.3, 0.4) is 0 Å². The van der Waals surface area contributed by atoms with Crippen molar-refractivity contribution in [3.05, 3.63) is 17.3 Å². The Balaban J connectivity index is 1.94. The summed E-state index contributed by atoms with van der Waals surface area (Å²) >= 11 is 5.80. The van der Waals surface area contributed by atoms with E-state index >= 15 is 0 Å². The molecular formula is C12H18ClN3. The summed E-state index contributed by atoms with van der Waals surface area (Å²) in [5, 5.41) is 3.91. The highest BCUT2D eigenvalue weighted by atomic mass is 35.5. The normalized spacial score (nSPS) is 17.1. The van der Waals surface area contributed by atoms with Crippen LogP contribution in [0.25, 0.3) is 0 Å². The molecular weight excluding hydrogens is 222 g/mol. The fourth-order valence-corrected chi connectivity index (χ4v) is 2.26. The van der Waals surface area contributed by atoms with E-state index in [0.29, 0.717) is 16.1 Å². The number of hydrogen-bond donors (Lipinski definition) is 2. The van der Waals surface area contributed by atoms with Crippen LogP contribution in [0.1, 0.15) is 32.6 Å². The summed E-state index contributed by atoms with van der Waals surface area (Å²) in [5.74, 6) is 0.756. The van der Waals surface area contributed by atoms with Crippen molar-refractivity contribution in [2.45, 2.75) is 32.6 Å². The second-order valence-electron chi connectivity index (χ2n) is 4.69. The molecule has 3 nitrogen and oxygen atoms in total. The molecule has 1 heterocycles. The predicted molar refractivity (Wildman–Crippen MR) is 68.7 cm³/mol. The van der Waals surface area contributed by atoms with Crippen molar-refractivity contribution >= 4 is 23.1 Å². The molecule has 1 fully saturated rings. The first kappa shape index (κ1) is 11.5. The zero-order chi connectivity index (χ0) is 11.6. The number of anilines is 2. The van der Waals surface area contributed by atoms with E-state index in [1.807, 2.05) is 0 Å². The fraction of sp³-hybridized carbons (Fsp3) is 0.583. The van der Waals surface area contributed by atoms with Gasteiger partial charge in [-0.05, 0) is 30.7 Å². The third-order valence-electron chi connectivity index (χ3n) is 3.25. The van der Waals surface area contributed by atoms with Gasteiger partial charge in [0, 0.05) is 12.7 Å². The third kappa shape index (κ3) is 2.59. The van der Waals surface area contributed by atoms with E-state index in [9.17, 15) is 0 Å². The van der Waals surface area contributed by atoms with E-state index in [4.69, 9.17) is 17.3 Å². The maximum atomic E-state index is 5.84. The van der Waals surface area contributed by atoms with Crippen molar-refractivity contribution in [3.8, 4) is 0 Å². The molecule has 0 aromatic carbocycles. The summed E-state index contributed by atoms with van der Waals surface area (Å²) < 4.78 is 0. The molecule has 1 aromatic heterocycles. The average Bonchev–Trinajstić information content (AvgIpc) is 2.98. The van der Waals surface area contributed by atoms with E-state index in [1.165, 1.54) is 25.7 Å². The van der Waals surface area contributed by atoms with E-state index < -0.39 is 0 Å². The van der Waals surface area contributed by atoms with Gasteiger partial charge in [-0.15, -0.1) is 0 Å². The van der Waals surface area contributed by atoms with E-state index in [0.717, 1.165) is 12.4 Å². The van der Waals surface area contributed by atoms with Gasteiger partial charge in [-0.25, -0.2) is 4.98 Å². The number of nitrogens with one attached hydrogen (secondary N) is 1. The summed E-state index contributed by atoms with van der Waals surface area (Å²) in [4.78, 5) is 4.20. The highest BCUT2D eigenvalue weighted by Gasteiger charge is 2.41. The number of pyridine rings is 1. The first-order valence-corrected chi connectivity index (χ1v) is 6.18. The van der Waals surface area contributed by atoms with Gasteiger partial charge in [-0.1, -0.05) is 24.9 Å². The van der Waals surface area contributed by atoms with Gasteiger partial charge in [-0.3, -0.25) is 0 Å². The van der Waals surface area contributed by atoms with Gasteiger partial charge in [0.25, 0.3) is 0 Å². The van der Waals surface area contributed by atoms with E-state index in [-0.39, 0.29) is 0 Å². The summed E-state index contributed by atoms with van der Waals surface area (Å²) in [7, 11) is 0. The molecule has 0 atom stereocenters. The SMILES string of the molecule is CCCC1(CNc2ncc(Cl)cc2N)CC1. The highest BCUT2D eigenvalue weighted by molar-refractivity contribution is 6.30. The van der Waals surface area contributed by atoms with Crippen LogP contribution in [-0.2, 0) is 0 Å². The average molecular weight is 240 g/mol. The van der Waals surface area contributed by atoms with E-state index in [2.05, 4.69) is 17.2 Å². The number of aromatic nitrogens is 1. The molecule has 1 aliphatic rings.